The van der Waals surface area contributed by atoms with Gasteiger partial charge in [-0.05, 0) is 13.8 Å². The summed E-state index contributed by atoms with van der Waals surface area (Å²) >= 11 is 4.11. The number of hydrogen-bond acceptors (Lipinski definition) is 3. The molecule has 0 radical (unpaired) electrons. The zero-order valence-electron chi connectivity index (χ0n) is 6.37. The third-order valence-electron chi connectivity index (χ3n) is 1.36. The standard InChI is InChI=1S/C7H9NO2S/c1-7(2,11)8-5(9)3-4-6(8)10/h3-4,11H,1-2H3. The second kappa shape index (κ2) is 2.37. The van der Waals surface area contributed by atoms with Gasteiger partial charge in [0.1, 0.15) is 0 Å². The Morgan fingerprint density at radius 3 is 1.82 bits per heavy atom. The summed E-state index contributed by atoms with van der Waals surface area (Å²) in [5, 5.41) is 0. The van der Waals surface area contributed by atoms with E-state index in [-0.39, 0.29) is 11.8 Å². The van der Waals surface area contributed by atoms with Gasteiger partial charge in [0.15, 0.2) is 0 Å². The van der Waals surface area contributed by atoms with Crippen molar-refractivity contribution >= 4 is 24.4 Å². The van der Waals surface area contributed by atoms with Crippen molar-refractivity contribution in [2.75, 3.05) is 0 Å². The van der Waals surface area contributed by atoms with Crippen molar-refractivity contribution in [3.63, 3.8) is 0 Å². The summed E-state index contributed by atoms with van der Waals surface area (Å²) in [5.41, 5.74) is 0. The first-order chi connectivity index (χ1) is 4.93. The van der Waals surface area contributed by atoms with Gasteiger partial charge in [-0.15, -0.1) is 0 Å². The Morgan fingerprint density at radius 2 is 1.64 bits per heavy atom. The molecule has 2 amide bonds. The van der Waals surface area contributed by atoms with Crippen LogP contribution in [0.3, 0.4) is 0 Å². The summed E-state index contributed by atoms with van der Waals surface area (Å²) < 4.78 is 0. The third-order valence-corrected chi connectivity index (χ3v) is 1.56. The van der Waals surface area contributed by atoms with Crippen LogP contribution in [0.25, 0.3) is 0 Å². The van der Waals surface area contributed by atoms with Crippen LogP contribution in [0.5, 0.6) is 0 Å². The molecule has 0 aromatic rings. The van der Waals surface area contributed by atoms with Crippen LogP contribution in [0.4, 0.5) is 0 Å². The molecular weight excluding hydrogens is 162 g/mol. The second-order valence-corrected chi connectivity index (χ2v) is 3.93. The number of hydrogen-bond donors (Lipinski definition) is 1. The first kappa shape index (κ1) is 8.33. The largest absolute Gasteiger partial charge is 0.269 e. The van der Waals surface area contributed by atoms with Crippen molar-refractivity contribution in [3.8, 4) is 0 Å². The van der Waals surface area contributed by atoms with E-state index in [2.05, 4.69) is 12.6 Å². The van der Waals surface area contributed by atoms with Crippen LogP contribution in [0.2, 0.25) is 0 Å². The first-order valence-electron chi connectivity index (χ1n) is 3.21. The number of carbonyl (C=O) groups is 2. The van der Waals surface area contributed by atoms with Gasteiger partial charge in [-0.3, -0.25) is 14.5 Å². The fourth-order valence-electron chi connectivity index (χ4n) is 0.940. The average molecular weight is 171 g/mol. The molecule has 11 heavy (non-hydrogen) atoms. The Balaban J connectivity index is 2.91. The van der Waals surface area contributed by atoms with E-state index in [0.29, 0.717) is 0 Å². The number of rotatable bonds is 1. The monoisotopic (exact) mass is 171 g/mol. The highest BCUT2D eigenvalue weighted by atomic mass is 32.1. The number of amides is 2. The summed E-state index contributed by atoms with van der Waals surface area (Å²) in [4.78, 5) is 22.4. The molecule has 1 aliphatic heterocycles. The molecule has 0 N–H and O–H groups in total. The lowest BCUT2D eigenvalue weighted by Crippen LogP contribution is -2.43. The van der Waals surface area contributed by atoms with Gasteiger partial charge >= 0.3 is 0 Å². The van der Waals surface area contributed by atoms with Crippen molar-refractivity contribution in [2.24, 2.45) is 0 Å². The summed E-state index contributed by atoms with van der Waals surface area (Å²) in [6.07, 6.45) is 2.50. The van der Waals surface area contributed by atoms with Crippen molar-refractivity contribution in [2.45, 2.75) is 18.7 Å². The zero-order valence-corrected chi connectivity index (χ0v) is 7.26. The zero-order chi connectivity index (χ0) is 8.65. The molecule has 60 valence electrons. The first-order valence-corrected chi connectivity index (χ1v) is 3.66. The maximum absolute atomic E-state index is 11.0. The SMILES string of the molecule is CC(C)(S)N1C(=O)C=CC1=O. The number of thiol groups is 1. The highest BCUT2D eigenvalue weighted by Crippen LogP contribution is 2.22. The van der Waals surface area contributed by atoms with Gasteiger partial charge in [0.05, 0.1) is 4.87 Å². The molecule has 0 fully saturated rings. The van der Waals surface area contributed by atoms with Crippen molar-refractivity contribution < 1.29 is 9.59 Å². The fourth-order valence-corrected chi connectivity index (χ4v) is 1.14. The van der Waals surface area contributed by atoms with Crippen LogP contribution in [-0.4, -0.2) is 21.6 Å². The summed E-state index contributed by atoms with van der Waals surface area (Å²) in [6.45, 7) is 3.39. The van der Waals surface area contributed by atoms with Gasteiger partial charge in [0.2, 0.25) is 0 Å². The minimum atomic E-state index is -0.711. The summed E-state index contributed by atoms with van der Waals surface area (Å²) in [6, 6.07) is 0. The smallest absolute Gasteiger partial charge is 0.254 e. The van der Waals surface area contributed by atoms with Crippen LogP contribution >= 0.6 is 12.6 Å². The van der Waals surface area contributed by atoms with E-state index < -0.39 is 4.87 Å². The maximum atomic E-state index is 11.0. The van der Waals surface area contributed by atoms with E-state index in [9.17, 15) is 9.59 Å². The van der Waals surface area contributed by atoms with E-state index >= 15 is 0 Å². The van der Waals surface area contributed by atoms with Crippen LogP contribution in [0.1, 0.15) is 13.8 Å². The second-order valence-electron chi connectivity index (χ2n) is 2.84. The van der Waals surface area contributed by atoms with E-state index in [1.54, 1.807) is 13.8 Å². The van der Waals surface area contributed by atoms with Crippen molar-refractivity contribution in [1.82, 2.24) is 4.90 Å². The predicted octanol–water partition coefficient (Wildman–Crippen LogP) is 0.577. The van der Waals surface area contributed by atoms with E-state index in [1.807, 2.05) is 0 Å². The van der Waals surface area contributed by atoms with Crippen LogP contribution in [0, 0.1) is 0 Å². The normalized spacial score (nSPS) is 18.3. The van der Waals surface area contributed by atoms with E-state index in [1.165, 1.54) is 12.2 Å². The molecule has 1 rings (SSSR count). The van der Waals surface area contributed by atoms with Gasteiger partial charge in [-0.25, -0.2) is 0 Å². The molecule has 0 unspecified atom stereocenters. The topological polar surface area (TPSA) is 37.4 Å². The quantitative estimate of drug-likeness (QED) is 0.463. The lowest BCUT2D eigenvalue weighted by molar-refractivity contribution is -0.139. The van der Waals surface area contributed by atoms with Gasteiger partial charge < -0.3 is 0 Å². The Labute approximate surface area is 70.5 Å². The Morgan fingerprint density at radius 1 is 1.27 bits per heavy atom. The molecule has 3 nitrogen and oxygen atoms in total. The maximum Gasteiger partial charge on any atom is 0.254 e. The molecule has 1 aliphatic rings. The molecule has 0 bridgehead atoms. The minimum Gasteiger partial charge on any atom is -0.269 e. The van der Waals surface area contributed by atoms with Crippen LogP contribution in [-0.2, 0) is 9.59 Å². The van der Waals surface area contributed by atoms with Crippen LogP contribution in [0.15, 0.2) is 12.2 Å². The summed E-state index contributed by atoms with van der Waals surface area (Å²) in [7, 11) is 0. The van der Waals surface area contributed by atoms with Crippen molar-refractivity contribution in [3.05, 3.63) is 12.2 Å². The number of carbonyl (C=O) groups excluding carboxylic acids is 2. The molecule has 0 saturated carbocycles. The van der Waals surface area contributed by atoms with Gasteiger partial charge in [0.25, 0.3) is 11.8 Å². The van der Waals surface area contributed by atoms with Gasteiger partial charge in [-0.2, -0.15) is 12.6 Å². The lowest BCUT2D eigenvalue weighted by atomic mass is 10.3. The molecule has 0 spiro atoms. The molecule has 0 saturated heterocycles. The Kier molecular flexibility index (Phi) is 1.80. The Hall–Kier alpha value is -0.770. The highest BCUT2D eigenvalue weighted by molar-refractivity contribution is 7.81. The van der Waals surface area contributed by atoms with Gasteiger partial charge in [-0.1, -0.05) is 0 Å². The van der Waals surface area contributed by atoms with Gasteiger partial charge in [0, 0.05) is 12.2 Å². The third kappa shape index (κ3) is 1.45. The molecule has 0 aromatic heterocycles. The minimum absolute atomic E-state index is 0.296. The van der Waals surface area contributed by atoms with E-state index in [4.69, 9.17) is 0 Å². The number of nitrogens with zero attached hydrogens (tertiary/aromatic N) is 1. The molecule has 0 atom stereocenters. The highest BCUT2D eigenvalue weighted by Gasteiger charge is 2.34. The van der Waals surface area contributed by atoms with E-state index in [0.717, 1.165) is 4.90 Å². The van der Waals surface area contributed by atoms with Crippen molar-refractivity contribution in [1.29, 1.82) is 0 Å². The molecule has 0 aliphatic carbocycles. The average Bonchev–Trinajstić information content (AvgIpc) is 2.08. The van der Waals surface area contributed by atoms with Crippen LogP contribution < -0.4 is 0 Å². The predicted molar refractivity (Wildman–Crippen MR) is 44.1 cm³/mol. The Bertz CT molecular complexity index is 221. The molecule has 4 heteroatoms. The molecular formula is C7H9NO2S. The number of imide groups is 1. The lowest BCUT2D eigenvalue weighted by Gasteiger charge is -2.28. The molecule has 0 aromatic carbocycles. The molecule has 1 heterocycles. The fraction of sp³-hybridized carbons (Fsp3) is 0.429. The summed E-state index contributed by atoms with van der Waals surface area (Å²) in [5.74, 6) is -0.593.